The molecule has 0 bridgehead atoms. The lowest BCUT2D eigenvalue weighted by Crippen LogP contribution is -2.04. The van der Waals surface area contributed by atoms with Gasteiger partial charge in [-0.1, -0.05) is 17.7 Å². The van der Waals surface area contributed by atoms with E-state index >= 15 is 0 Å². The Bertz CT molecular complexity index is 844. The van der Waals surface area contributed by atoms with Gasteiger partial charge in [-0.3, -0.25) is 0 Å². The third kappa shape index (κ3) is 2.06. The zero-order chi connectivity index (χ0) is 14.4. The Labute approximate surface area is 125 Å². The quantitative estimate of drug-likeness (QED) is 0.790. The molecule has 0 saturated heterocycles. The highest BCUT2D eigenvalue weighted by Crippen LogP contribution is 2.33. The van der Waals surface area contributed by atoms with E-state index in [4.69, 9.17) is 26.8 Å². The number of benzene rings is 2. The molecule has 1 aliphatic heterocycles. The van der Waals surface area contributed by atoms with Crippen LogP contribution in [-0.2, 0) is 6.54 Å². The van der Waals surface area contributed by atoms with Crippen LogP contribution in [0.1, 0.15) is 5.56 Å². The summed E-state index contributed by atoms with van der Waals surface area (Å²) in [6.45, 7) is 0.883. The topological polar surface area (TPSA) is 62.3 Å². The van der Waals surface area contributed by atoms with Gasteiger partial charge in [-0.25, -0.2) is 4.98 Å². The number of nitrogens with two attached hydrogens (primary N) is 1. The van der Waals surface area contributed by atoms with E-state index in [0.29, 0.717) is 17.5 Å². The molecule has 0 aliphatic carbocycles. The third-order valence-electron chi connectivity index (χ3n) is 3.52. The number of nitrogen functional groups attached to an aromatic ring is 1. The first-order valence-electron chi connectivity index (χ1n) is 6.50. The highest BCUT2D eigenvalue weighted by atomic mass is 35.5. The van der Waals surface area contributed by atoms with Gasteiger partial charge in [-0.2, -0.15) is 0 Å². The van der Waals surface area contributed by atoms with Gasteiger partial charge in [0.15, 0.2) is 11.5 Å². The van der Waals surface area contributed by atoms with Crippen LogP contribution in [0, 0.1) is 0 Å². The van der Waals surface area contributed by atoms with Crippen LogP contribution in [0.3, 0.4) is 0 Å². The molecule has 1 aromatic heterocycles. The van der Waals surface area contributed by atoms with E-state index in [1.165, 1.54) is 0 Å². The molecule has 0 radical (unpaired) electrons. The van der Waals surface area contributed by atoms with Crippen molar-refractivity contribution in [1.29, 1.82) is 0 Å². The summed E-state index contributed by atoms with van der Waals surface area (Å²) in [5.41, 5.74) is 8.83. The van der Waals surface area contributed by atoms with Gasteiger partial charge >= 0.3 is 0 Å². The summed E-state index contributed by atoms with van der Waals surface area (Å²) >= 11 is 5.98. The average Bonchev–Trinajstić information content (AvgIpc) is 3.03. The van der Waals surface area contributed by atoms with Gasteiger partial charge in [0.1, 0.15) is 0 Å². The van der Waals surface area contributed by atoms with Gasteiger partial charge in [0.05, 0.1) is 17.6 Å². The Hall–Kier alpha value is -2.40. The minimum absolute atomic E-state index is 0.271. The van der Waals surface area contributed by atoms with E-state index in [1.54, 1.807) is 0 Å². The molecule has 21 heavy (non-hydrogen) atoms. The van der Waals surface area contributed by atoms with Crippen molar-refractivity contribution in [1.82, 2.24) is 9.55 Å². The van der Waals surface area contributed by atoms with E-state index in [1.807, 2.05) is 41.0 Å². The summed E-state index contributed by atoms with van der Waals surface area (Å²) in [5, 5.41) is 0.648. The second-order valence-electron chi connectivity index (χ2n) is 4.88. The van der Waals surface area contributed by atoms with E-state index in [-0.39, 0.29) is 6.79 Å². The minimum Gasteiger partial charge on any atom is -0.454 e. The molecule has 0 fully saturated rings. The summed E-state index contributed by atoms with van der Waals surface area (Å²) in [5.74, 6) is 2.00. The van der Waals surface area contributed by atoms with Crippen LogP contribution in [0.25, 0.3) is 11.0 Å². The van der Waals surface area contributed by atoms with E-state index in [2.05, 4.69) is 4.98 Å². The molecule has 0 atom stereocenters. The minimum atomic E-state index is 0.271. The van der Waals surface area contributed by atoms with Gasteiger partial charge in [-0.05, 0) is 35.9 Å². The molecular formula is C15H12ClN3O2. The highest BCUT2D eigenvalue weighted by molar-refractivity contribution is 6.31. The predicted molar refractivity (Wildman–Crippen MR) is 80.8 cm³/mol. The number of halogens is 1. The third-order valence-corrected chi connectivity index (χ3v) is 3.75. The van der Waals surface area contributed by atoms with Crippen molar-refractivity contribution in [3.05, 3.63) is 47.0 Å². The Morgan fingerprint density at radius 2 is 2.00 bits per heavy atom. The molecule has 4 rings (SSSR count). The fourth-order valence-electron chi connectivity index (χ4n) is 2.51. The number of rotatable bonds is 2. The Morgan fingerprint density at radius 1 is 1.14 bits per heavy atom. The van der Waals surface area contributed by atoms with Crippen LogP contribution in [-0.4, -0.2) is 16.3 Å². The summed E-state index contributed by atoms with van der Waals surface area (Å²) in [6.07, 6.45) is 0. The lowest BCUT2D eigenvalue weighted by molar-refractivity contribution is 0.174. The van der Waals surface area contributed by atoms with Gasteiger partial charge in [0.2, 0.25) is 12.7 Å². The molecule has 0 saturated carbocycles. The Morgan fingerprint density at radius 3 is 2.90 bits per heavy atom. The number of imidazole rings is 1. The first-order valence-corrected chi connectivity index (χ1v) is 6.88. The fraction of sp³-hybridized carbons (Fsp3) is 0.133. The average molecular weight is 302 g/mol. The molecule has 0 spiro atoms. The second-order valence-corrected chi connectivity index (χ2v) is 5.31. The molecule has 2 heterocycles. The van der Waals surface area contributed by atoms with Gasteiger partial charge in [0, 0.05) is 5.02 Å². The summed E-state index contributed by atoms with van der Waals surface area (Å²) in [4.78, 5) is 4.34. The number of nitrogens with zero attached hydrogens (tertiary/aromatic N) is 2. The molecular weight excluding hydrogens is 290 g/mol. The van der Waals surface area contributed by atoms with Crippen molar-refractivity contribution in [3.63, 3.8) is 0 Å². The maximum atomic E-state index is 6.02. The van der Waals surface area contributed by atoms with E-state index < -0.39 is 0 Å². The van der Waals surface area contributed by atoms with E-state index in [9.17, 15) is 0 Å². The summed E-state index contributed by atoms with van der Waals surface area (Å²) < 4.78 is 12.7. The van der Waals surface area contributed by atoms with Crippen LogP contribution < -0.4 is 15.2 Å². The Kier molecular flexibility index (Phi) is 2.68. The zero-order valence-electron chi connectivity index (χ0n) is 11.0. The SMILES string of the molecule is Nc1nc2cc(Cl)ccc2n1Cc1ccc2c(c1)OCO2. The van der Waals surface area contributed by atoms with Crippen LogP contribution in [0.15, 0.2) is 36.4 Å². The number of ether oxygens (including phenoxy) is 2. The number of hydrogen-bond acceptors (Lipinski definition) is 4. The highest BCUT2D eigenvalue weighted by Gasteiger charge is 2.15. The van der Waals surface area contributed by atoms with E-state index in [0.717, 1.165) is 28.1 Å². The molecule has 3 aromatic rings. The number of fused-ring (bicyclic) bond motifs is 2. The maximum absolute atomic E-state index is 6.02. The van der Waals surface area contributed by atoms with Crippen LogP contribution in [0.4, 0.5) is 5.95 Å². The molecule has 6 heteroatoms. The Balaban J connectivity index is 1.75. The number of aromatic nitrogens is 2. The zero-order valence-corrected chi connectivity index (χ0v) is 11.8. The van der Waals surface area contributed by atoms with Gasteiger partial charge in [-0.15, -0.1) is 0 Å². The first kappa shape index (κ1) is 12.3. The monoisotopic (exact) mass is 301 g/mol. The molecule has 2 aromatic carbocycles. The van der Waals surface area contributed by atoms with Gasteiger partial charge < -0.3 is 19.8 Å². The predicted octanol–water partition coefficient (Wildman–Crippen LogP) is 3.05. The van der Waals surface area contributed by atoms with Crippen molar-refractivity contribution in [2.75, 3.05) is 12.5 Å². The fourth-order valence-corrected chi connectivity index (χ4v) is 2.68. The van der Waals surface area contributed by atoms with Crippen LogP contribution in [0.2, 0.25) is 5.02 Å². The van der Waals surface area contributed by atoms with Crippen molar-refractivity contribution >= 4 is 28.6 Å². The molecule has 106 valence electrons. The van der Waals surface area contributed by atoms with Crippen molar-refractivity contribution in [3.8, 4) is 11.5 Å². The summed E-state index contributed by atoms with van der Waals surface area (Å²) in [7, 11) is 0. The van der Waals surface area contributed by atoms with Crippen LogP contribution >= 0.6 is 11.6 Å². The van der Waals surface area contributed by atoms with Crippen LogP contribution in [0.5, 0.6) is 11.5 Å². The number of hydrogen-bond donors (Lipinski definition) is 1. The smallest absolute Gasteiger partial charge is 0.231 e. The molecule has 0 unspecified atom stereocenters. The van der Waals surface area contributed by atoms with Gasteiger partial charge in [0.25, 0.3) is 0 Å². The maximum Gasteiger partial charge on any atom is 0.231 e. The first-order chi connectivity index (χ1) is 10.2. The largest absolute Gasteiger partial charge is 0.454 e. The lowest BCUT2D eigenvalue weighted by Gasteiger charge is -2.07. The molecule has 1 aliphatic rings. The molecule has 5 nitrogen and oxygen atoms in total. The molecule has 0 amide bonds. The molecule has 2 N–H and O–H groups in total. The second kappa shape index (κ2) is 4.56. The van der Waals surface area contributed by atoms with Crippen molar-refractivity contribution in [2.24, 2.45) is 0 Å². The van der Waals surface area contributed by atoms with Crippen molar-refractivity contribution < 1.29 is 9.47 Å². The normalized spacial score (nSPS) is 13.0. The standard InChI is InChI=1S/C15H12ClN3O2/c16-10-2-3-12-11(6-10)18-15(17)19(12)7-9-1-4-13-14(5-9)21-8-20-13/h1-6H,7-8H2,(H2,17,18). The van der Waals surface area contributed by atoms with Crippen molar-refractivity contribution in [2.45, 2.75) is 6.54 Å². The summed E-state index contributed by atoms with van der Waals surface area (Å²) in [6, 6.07) is 11.4. The lowest BCUT2D eigenvalue weighted by atomic mass is 10.2. The number of anilines is 1.